The van der Waals surface area contributed by atoms with Crippen molar-refractivity contribution in [1.29, 1.82) is 0 Å². The first-order valence-electron chi connectivity index (χ1n) is 3.92. The average Bonchev–Trinajstić information content (AvgIpc) is 2.40. The lowest BCUT2D eigenvalue weighted by Crippen LogP contribution is -2.31. The molecule has 0 radical (unpaired) electrons. The molecule has 0 unspecified atom stereocenters. The number of fused-ring (bicyclic) bond motifs is 1. The number of hydrogen-bond acceptors (Lipinski definition) is 1. The highest BCUT2D eigenvalue weighted by molar-refractivity contribution is 8.00. The third-order valence-electron chi connectivity index (χ3n) is 2.13. The molecule has 1 aromatic rings. The minimum absolute atomic E-state index is 0.886. The maximum Gasteiger partial charge on any atom is 0.365 e. The summed E-state index contributed by atoms with van der Waals surface area (Å²) in [6.07, 6.45) is 0. The Hall–Kier alpha value is -0.630. The molecule has 0 nitrogen and oxygen atoms in total. The van der Waals surface area contributed by atoms with Crippen LogP contribution in [-0.2, 0) is 5.92 Å². The molecule has 17 heavy (non-hydrogen) atoms. The Balaban J connectivity index is 2.85. The van der Waals surface area contributed by atoms with Crippen molar-refractivity contribution < 1.29 is 30.7 Å². The van der Waals surface area contributed by atoms with E-state index in [4.69, 9.17) is 11.6 Å². The van der Waals surface area contributed by atoms with Crippen molar-refractivity contribution in [1.82, 2.24) is 0 Å². The molecule has 1 aliphatic heterocycles. The lowest BCUT2D eigenvalue weighted by Gasteiger charge is -2.17. The van der Waals surface area contributed by atoms with E-state index < -0.39 is 55.9 Å². The number of rotatable bonds is 0. The molecule has 0 bridgehead atoms. The Morgan fingerprint density at radius 2 is 1.41 bits per heavy atom. The Kier molecular flexibility index (Phi) is 2.59. The summed E-state index contributed by atoms with van der Waals surface area (Å²) < 4.78 is 91.1. The molecule has 0 spiro atoms. The average molecular weight is 297 g/mol. The zero-order valence-electron chi connectivity index (χ0n) is 7.43. The van der Waals surface area contributed by atoms with Crippen molar-refractivity contribution in [2.45, 2.75) is 16.1 Å². The lowest BCUT2D eigenvalue weighted by atomic mass is 10.1. The summed E-state index contributed by atoms with van der Waals surface area (Å²) in [5.74, 6) is -11.2. The van der Waals surface area contributed by atoms with E-state index >= 15 is 0 Å². The molecule has 0 fully saturated rings. The Morgan fingerprint density at radius 1 is 0.882 bits per heavy atom. The molecule has 1 heterocycles. The first kappa shape index (κ1) is 12.8. The zero-order chi connectivity index (χ0) is 13.2. The third-order valence-corrected chi connectivity index (χ3v) is 3.57. The first-order chi connectivity index (χ1) is 7.61. The molecule has 0 N–H and O–H groups in total. The normalized spacial score (nSPS) is 20.5. The van der Waals surface area contributed by atoms with Crippen molar-refractivity contribution >= 4 is 23.4 Å². The van der Waals surface area contributed by atoms with Gasteiger partial charge < -0.3 is 0 Å². The SMILES string of the molecule is Fc1c(F)c2c(c(F)c1Cl)SC(F)(F)C2(F)F. The van der Waals surface area contributed by atoms with Crippen LogP contribution in [0.2, 0.25) is 5.02 Å². The molecule has 1 aromatic carbocycles. The van der Waals surface area contributed by atoms with Gasteiger partial charge in [-0.05, 0) is 11.8 Å². The van der Waals surface area contributed by atoms with Gasteiger partial charge in [0.15, 0.2) is 17.5 Å². The predicted molar refractivity (Wildman–Crippen MR) is 46.0 cm³/mol. The van der Waals surface area contributed by atoms with Crippen LogP contribution in [0.4, 0.5) is 30.7 Å². The second kappa shape index (κ2) is 3.44. The summed E-state index contributed by atoms with van der Waals surface area (Å²) in [4.78, 5) is -1.37. The number of benzene rings is 1. The van der Waals surface area contributed by atoms with Gasteiger partial charge >= 0.3 is 11.2 Å². The van der Waals surface area contributed by atoms with Crippen LogP contribution in [0.15, 0.2) is 4.90 Å². The van der Waals surface area contributed by atoms with Gasteiger partial charge in [-0.2, -0.15) is 17.6 Å². The van der Waals surface area contributed by atoms with Crippen molar-refractivity contribution in [2.75, 3.05) is 0 Å². The van der Waals surface area contributed by atoms with Gasteiger partial charge in [0.2, 0.25) is 0 Å². The first-order valence-corrected chi connectivity index (χ1v) is 5.11. The standard InChI is InChI=1S/C8ClF7S/c9-2-4(11)3(10)1-6(5(2)12)17-8(15,16)7(1,13)14. The molecule has 2 rings (SSSR count). The highest BCUT2D eigenvalue weighted by Crippen LogP contribution is 2.62. The smallest absolute Gasteiger partial charge is 0.204 e. The molecule has 0 amide bonds. The molecule has 0 saturated carbocycles. The highest BCUT2D eigenvalue weighted by atomic mass is 35.5. The van der Waals surface area contributed by atoms with Crippen molar-refractivity contribution in [3.63, 3.8) is 0 Å². The summed E-state index contributed by atoms with van der Waals surface area (Å²) in [7, 11) is 0. The number of thioether (sulfide) groups is 1. The number of halogens is 8. The van der Waals surface area contributed by atoms with Gasteiger partial charge in [-0.25, -0.2) is 13.2 Å². The van der Waals surface area contributed by atoms with Crippen LogP contribution in [0.5, 0.6) is 0 Å². The Morgan fingerprint density at radius 3 is 1.94 bits per heavy atom. The van der Waals surface area contributed by atoms with E-state index in [1.807, 2.05) is 0 Å². The van der Waals surface area contributed by atoms with Crippen LogP contribution in [0, 0.1) is 17.5 Å². The van der Waals surface area contributed by atoms with Gasteiger partial charge in [0, 0.05) is 0 Å². The minimum atomic E-state index is -5.00. The summed E-state index contributed by atoms with van der Waals surface area (Å²) >= 11 is 4.07. The van der Waals surface area contributed by atoms with Crippen molar-refractivity contribution in [2.24, 2.45) is 0 Å². The highest BCUT2D eigenvalue weighted by Gasteiger charge is 2.67. The van der Waals surface area contributed by atoms with Gasteiger partial charge in [0.1, 0.15) is 5.02 Å². The van der Waals surface area contributed by atoms with Crippen LogP contribution >= 0.6 is 23.4 Å². The molecular formula is C8ClF7S. The monoisotopic (exact) mass is 296 g/mol. The third kappa shape index (κ3) is 1.46. The topological polar surface area (TPSA) is 0 Å². The fourth-order valence-electron chi connectivity index (χ4n) is 1.33. The molecule has 94 valence electrons. The van der Waals surface area contributed by atoms with Crippen LogP contribution in [0.1, 0.15) is 5.56 Å². The van der Waals surface area contributed by atoms with Crippen LogP contribution in [0.3, 0.4) is 0 Å². The lowest BCUT2D eigenvalue weighted by molar-refractivity contribution is -0.156. The maximum atomic E-state index is 13.2. The largest absolute Gasteiger partial charge is 0.365 e. The van der Waals surface area contributed by atoms with Crippen molar-refractivity contribution in [3.8, 4) is 0 Å². The maximum absolute atomic E-state index is 13.2. The summed E-state index contributed by atoms with van der Waals surface area (Å²) in [6.45, 7) is 0. The molecule has 1 aliphatic rings. The van der Waals surface area contributed by atoms with Crippen LogP contribution < -0.4 is 0 Å². The molecule has 0 aliphatic carbocycles. The second-order valence-electron chi connectivity index (χ2n) is 3.15. The molecule has 0 saturated heterocycles. The van der Waals surface area contributed by atoms with Gasteiger partial charge in [-0.15, -0.1) is 0 Å². The number of hydrogen-bond donors (Lipinski definition) is 0. The van der Waals surface area contributed by atoms with E-state index in [0.29, 0.717) is 0 Å². The van der Waals surface area contributed by atoms with E-state index in [2.05, 4.69) is 0 Å². The molecule has 0 atom stereocenters. The number of alkyl halides is 4. The fraction of sp³-hybridized carbons (Fsp3) is 0.250. The summed E-state index contributed by atoms with van der Waals surface area (Å²) in [5.41, 5.74) is -1.99. The quantitative estimate of drug-likeness (QED) is 0.384. The second-order valence-corrected chi connectivity index (χ2v) is 4.66. The van der Waals surface area contributed by atoms with E-state index in [0.717, 1.165) is 0 Å². The van der Waals surface area contributed by atoms with Crippen LogP contribution in [0.25, 0.3) is 0 Å². The van der Waals surface area contributed by atoms with Gasteiger partial charge in [-0.3, -0.25) is 0 Å². The van der Waals surface area contributed by atoms with E-state index in [9.17, 15) is 30.7 Å². The summed E-state index contributed by atoms with van der Waals surface area (Å²) in [6, 6.07) is 0. The molecular weight excluding hydrogens is 297 g/mol. The Bertz CT molecular complexity index is 513. The van der Waals surface area contributed by atoms with Gasteiger partial charge in [0.05, 0.1) is 10.5 Å². The van der Waals surface area contributed by atoms with Gasteiger partial charge in [-0.1, -0.05) is 11.6 Å². The van der Waals surface area contributed by atoms with Crippen LogP contribution in [-0.4, -0.2) is 5.25 Å². The Labute approximate surface area is 98.7 Å². The van der Waals surface area contributed by atoms with Crippen molar-refractivity contribution in [3.05, 3.63) is 28.0 Å². The summed E-state index contributed by atoms with van der Waals surface area (Å²) in [5, 5.41) is -6.18. The van der Waals surface area contributed by atoms with Gasteiger partial charge in [0.25, 0.3) is 0 Å². The zero-order valence-corrected chi connectivity index (χ0v) is 9.00. The molecule has 0 aromatic heterocycles. The minimum Gasteiger partial charge on any atom is -0.204 e. The predicted octanol–water partition coefficient (Wildman–Crippen LogP) is 4.55. The van der Waals surface area contributed by atoms with E-state index in [1.54, 1.807) is 0 Å². The molecule has 9 heteroatoms. The van der Waals surface area contributed by atoms with E-state index in [1.165, 1.54) is 0 Å². The van der Waals surface area contributed by atoms with E-state index in [-0.39, 0.29) is 0 Å². The fourth-order valence-corrected chi connectivity index (χ4v) is 2.56.